The molecule has 1 fully saturated rings. The zero-order valence-corrected chi connectivity index (χ0v) is 20.6. The average Bonchev–Trinajstić information content (AvgIpc) is 2.86. The van der Waals surface area contributed by atoms with Crippen molar-refractivity contribution in [2.45, 2.75) is 45.1 Å². The quantitative estimate of drug-likeness (QED) is 0.325. The van der Waals surface area contributed by atoms with Crippen molar-refractivity contribution >= 4 is 11.6 Å². The van der Waals surface area contributed by atoms with Crippen LogP contribution < -0.4 is 10.3 Å². The predicted octanol–water partition coefficient (Wildman–Crippen LogP) is 5.59. The summed E-state index contributed by atoms with van der Waals surface area (Å²) in [4.78, 5) is 30.3. The molecule has 1 saturated carbocycles. The predicted molar refractivity (Wildman–Crippen MR) is 131 cm³/mol. The van der Waals surface area contributed by atoms with Gasteiger partial charge in [-0.15, -0.1) is 0 Å². The SMILES string of the molecule is Cc1cnc(-c2ccnc(C3CC(F)(F)C3)n2)cc1-n1c(C)cc(OCc2ccc(F)cn2)c(Cl)c1=O. The van der Waals surface area contributed by atoms with Gasteiger partial charge in [-0.1, -0.05) is 11.6 Å². The van der Waals surface area contributed by atoms with Gasteiger partial charge in [0.15, 0.2) is 0 Å². The van der Waals surface area contributed by atoms with E-state index in [2.05, 4.69) is 19.9 Å². The molecule has 4 aromatic rings. The van der Waals surface area contributed by atoms with Crippen LogP contribution in [0.2, 0.25) is 5.02 Å². The molecule has 0 bridgehead atoms. The van der Waals surface area contributed by atoms with Crippen molar-refractivity contribution in [3.8, 4) is 22.8 Å². The average molecular weight is 528 g/mol. The first-order valence-corrected chi connectivity index (χ1v) is 11.8. The molecule has 0 N–H and O–H groups in total. The minimum Gasteiger partial charge on any atom is -0.485 e. The van der Waals surface area contributed by atoms with Crippen LogP contribution in [0.3, 0.4) is 0 Å². The highest BCUT2D eigenvalue weighted by molar-refractivity contribution is 6.31. The van der Waals surface area contributed by atoms with Crippen LogP contribution in [0.4, 0.5) is 13.2 Å². The van der Waals surface area contributed by atoms with E-state index in [-0.39, 0.29) is 30.2 Å². The number of aromatic nitrogens is 5. The first-order valence-electron chi connectivity index (χ1n) is 11.4. The van der Waals surface area contributed by atoms with E-state index in [1.54, 1.807) is 38.2 Å². The molecule has 4 aromatic heterocycles. The zero-order valence-electron chi connectivity index (χ0n) is 19.9. The molecule has 0 saturated heterocycles. The topological polar surface area (TPSA) is 82.8 Å². The van der Waals surface area contributed by atoms with Crippen molar-refractivity contribution in [1.82, 2.24) is 24.5 Å². The van der Waals surface area contributed by atoms with E-state index in [1.165, 1.54) is 22.9 Å². The molecule has 1 aliphatic rings. The molecule has 11 heteroatoms. The Hall–Kier alpha value is -3.79. The highest BCUT2D eigenvalue weighted by Crippen LogP contribution is 2.47. The van der Waals surface area contributed by atoms with Crippen LogP contribution in [0.15, 0.2) is 53.7 Å². The van der Waals surface area contributed by atoms with Crippen molar-refractivity contribution < 1.29 is 17.9 Å². The molecule has 7 nitrogen and oxygen atoms in total. The fraction of sp³-hybridized carbons (Fsp3) is 0.269. The van der Waals surface area contributed by atoms with Crippen molar-refractivity contribution in [2.24, 2.45) is 0 Å². The summed E-state index contributed by atoms with van der Waals surface area (Å²) in [6.07, 6.45) is 3.65. The van der Waals surface area contributed by atoms with Crippen LogP contribution in [-0.4, -0.2) is 30.4 Å². The third-order valence-electron chi connectivity index (χ3n) is 6.17. The van der Waals surface area contributed by atoms with Crippen LogP contribution in [-0.2, 0) is 6.61 Å². The standard InChI is InChI=1S/C26H21ClF3N5O2/c1-14-11-33-20(19-5-6-31-24(34-19)16-9-26(29,30)10-16)8-21(14)35-15(2)7-22(23(27)25(35)36)37-13-18-4-3-17(28)12-32-18/h3-8,11-12,16H,9-10,13H2,1-2H3. The molecular weight excluding hydrogens is 507 g/mol. The summed E-state index contributed by atoms with van der Waals surface area (Å²) in [5.74, 6) is -3.02. The monoisotopic (exact) mass is 527 g/mol. The molecule has 0 atom stereocenters. The number of rotatable bonds is 6. The normalized spacial score (nSPS) is 14.9. The third kappa shape index (κ3) is 5.06. The minimum absolute atomic E-state index is 0.00426. The number of aryl methyl sites for hydroxylation is 2. The molecular formula is C26H21ClF3N5O2. The van der Waals surface area contributed by atoms with Crippen molar-refractivity contribution in [3.05, 3.63) is 92.9 Å². The summed E-state index contributed by atoms with van der Waals surface area (Å²) in [7, 11) is 0. The van der Waals surface area contributed by atoms with Crippen LogP contribution in [0.25, 0.3) is 17.1 Å². The van der Waals surface area contributed by atoms with Gasteiger partial charge in [0.2, 0.25) is 5.92 Å². The van der Waals surface area contributed by atoms with Crippen molar-refractivity contribution in [3.63, 3.8) is 0 Å². The van der Waals surface area contributed by atoms with Crippen LogP contribution in [0.1, 0.15) is 41.5 Å². The second-order valence-electron chi connectivity index (χ2n) is 8.98. The maximum absolute atomic E-state index is 13.3. The molecule has 5 rings (SSSR count). The van der Waals surface area contributed by atoms with E-state index in [9.17, 15) is 18.0 Å². The molecule has 0 radical (unpaired) electrons. The fourth-order valence-corrected chi connectivity index (χ4v) is 4.37. The van der Waals surface area contributed by atoms with E-state index >= 15 is 0 Å². The molecule has 37 heavy (non-hydrogen) atoms. The fourth-order valence-electron chi connectivity index (χ4n) is 4.18. The van der Waals surface area contributed by atoms with Gasteiger partial charge in [-0.25, -0.2) is 23.1 Å². The van der Waals surface area contributed by atoms with Gasteiger partial charge in [-0.05, 0) is 43.7 Å². The largest absolute Gasteiger partial charge is 0.485 e. The molecule has 4 heterocycles. The maximum Gasteiger partial charge on any atom is 0.277 e. The number of nitrogens with zero attached hydrogens (tertiary/aromatic N) is 5. The third-order valence-corrected chi connectivity index (χ3v) is 6.52. The Morgan fingerprint density at radius 2 is 1.86 bits per heavy atom. The van der Waals surface area contributed by atoms with E-state index in [0.29, 0.717) is 39.9 Å². The summed E-state index contributed by atoms with van der Waals surface area (Å²) >= 11 is 6.39. The van der Waals surface area contributed by atoms with Crippen LogP contribution in [0, 0.1) is 19.7 Å². The second-order valence-corrected chi connectivity index (χ2v) is 9.36. The Balaban J connectivity index is 1.46. The first-order chi connectivity index (χ1) is 17.6. The second kappa shape index (κ2) is 9.59. The molecule has 0 aliphatic heterocycles. The molecule has 0 unspecified atom stereocenters. The Morgan fingerprint density at radius 1 is 1.08 bits per heavy atom. The first kappa shape index (κ1) is 24.9. The summed E-state index contributed by atoms with van der Waals surface area (Å²) in [6.45, 7) is 3.54. The minimum atomic E-state index is -2.68. The van der Waals surface area contributed by atoms with E-state index in [1.807, 2.05) is 0 Å². The summed E-state index contributed by atoms with van der Waals surface area (Å²) < 4.78 is 46.9. The lowest BCUT2D eigenvalue weighted by atomic mass is 9.81. The Bertz CT molecular complexity index is 1530. The Morgan fingerprint density at radius 3 is 2.57 bits per heavy atom. The number of hydrogen-bond acceptors (Lipinski definition) is 6. The lowest BCUT2D eigenvalue weighted by Crippen LogP contribution is -2.34. The number of alkyl halides is 2. The highest BCUT2D eigenvalue weighted by atomic mass is 35.5. The summed E-state index contributed by atoms with van der Waals surface area (Å²) in [6, 6.07) is 7.72. The van der Waals surface area contributed by atoms with Crippen LogP contribution >= 0.6 is 11.6 Å². The molecule has 0 amide bonds. The van der Waals surface area contributed by atoms with E-state index in [0.717, 1.165) is 6.20 Å². The van der Waals surface area contributed by atoms with Gasteiger partial charge >= 0.3 is 0 Å². The molecule has 0 aromatic carbocycles. The Kier molecular flexibility index (Phi) is 6.45. The van der Waals surface area contributed by atoms with Crippen molar-refractivity contribution in [2.75, 3.05) is 0 Å². The van der Waals surface area contributed by atoms with Gasteiger partial charge in [-0.3, -0.25) is 19.3 Å². The number of ether oxygens (including phenoxy) is 1. The summed E-state index contributed by atoms with van der Waals surface area (Å²) in [5.41, 5.74) is 2.70. The van der Waals surface area contributed by atoms with E-state index < -0.39 is 23.2 Å². The van der Waals surface area contributed by atoms with Gasteiger partial charge in [0.1, 0.15) is 29.0 Å². The van der Waals surface area contributed by atoms with Crippen LogP contribution in [0.5, 0.6) is 5.75 Å². The van der Waals surface area contributed by atoms with Gasteiger partial charge < -0.3 is 4.74 Å². The number of pyridine rings is 3. The lowest BCUT2D eigenvalue weighted by Gasteiger charge is -2.33. The van der Waals surface area contributed by atoms with Gasteiger partial charge in [0, 0.05) is 42.9 Å². The molecule has 0 spiro atoms. The van der Waals surface area contributed by atoms with Gasteiger partial charge in [-0.2, -0.15) is 0 Å². The highest BCUT2D eigenvalue weighted by Gasteiger charge is 2.47. The maximum atomic E-state index is 13.3. The number of hydrogen-bond donors (Lipinski definition) is 0. The molecule has 1 aliphatic carbocycles. The summed E-state index contributed by atoms with van der Waals surface area (Å²) in [5, 5.41) is -0.124. The van der Waals surface area contributed by atoms with Gasteiger partial charge in [0.25, 0.3) is 5.56 Å². The number of halogens is 4. The van der Waals surface area contributed by atoms with Gasteiger partial charge in [0.05, 0.1) is 29.0 Å². The molecule has 190 valence electrons. The van der Waals surface area contributed by atoms with Crippen molar-refractivity contribution in [1.29, 1.82) is 0 Å². The smallest absolute Gasteiger partial charge is 0.277 e. The zero-order chi connectivity index (χ0) is 26.3. The van der Waals surface area contributed by atoms with E-state index in [4.69, 9.17) is 16.3 Å². The Labute approximate surface area is 215 Å². The lowest BCUT2D eigenvalue weighted by molar-refractivity contribution is -0.0885.